The van der Waals surface area contributed by atoms with Gasteiger partial charge in [0.1, 0.15) is 4.21 Å². The van der Waals surface area contributed by atoms with Crippen molar-refractivity contribution in [3.8, 4) is 0 Å². The van der Waals surface area contributed by atoms with Crippen molar-refractivity contribution in [1.82, 2.24) is 14.5 Å². The third kappa shape index (κ3) is 4.71. The lowest BCUT2D eigenvalue weighted by Crippen LogP contribution is -2.55. The average Bonchev–Trinajstić information content (AvgIpc) is 3.23. The summed E-state index contributed by atoms with van der Waals surface area (Å²) in [5, 5.41) is 4.83. The molecule has 0 bridgehead atoms. The van der Waals surface area contributed by atoms with Crippen LogP contribution in [0, 0.1) is 0 Å². The van der Waals surface area contributed by atoms with Gasteiger partial charge in [-0.2, -0.15) is 4.31 Å². The van der Waals surface area contributed by atoms with E-state index in [1.165, 1.54) is 15.6 Å². The van der Waals surface area contributed by atoms with Crippen LogP contribution in [0.2, 0.25) is 0 Å². The predicted octanol–water partition coefficient (Wildman–Crippen LogP) is 3.73. The van der Waals surface area contributed by atoms with Gasteiger partial charge in [0.15, 0.2) is 0 Å². The standard InChI is InChI=1S/C21H27N3O3S2/c1-16(2)17-7-5-8-18(15-17)21(3,4)22-20(25)23-10-12-24(13-11-23)29(26,27)19-9-6-14-28-19/h5-9,14-15H,1,10-13H2,2-4H3,(H,22,25). The fourth-order valence-corrected chi connectivity index (χ4v) is 5.83. The molecule has 0 saturated carbocycles. The quantitative estimate of drug-likeness (QED) is 0.781. The van der Waals surface area contributed by atoms with Crippen LogP contribution in [0.15, 0.2) is 52.6 Å². The van der Waals surface area contributed by atoms with Gasteiger partial charge in [-0.05, 0) is 49.4 Å². The summed E-state index contributed by atoms with van der Waals surface area (Å²) in [5.41, 5.74) is 2.43. The molecule has 1 N–H and O–H groups in total. The number of hydrogen-bond donors (Lipinski definition) is 1. The van der Waals surface area contributed by atoms with E-state index in [1.807, 2.05) is 45.0 Å². The molecule has 1 aliphatic rings. The second kappa shape index (κ2) is 8.30. The Kier molecular flexibility index (Phi) is 6.16. The summed E-state index contributed by atoms with van der Waals surface area (Å²) < 4.78 is 27.1. The van der Waals surface area contributed by atoms with Crippen LogP contribution in [0.25, 0.3) is 5.57 Å². The van der Waals surface area contributed by atoms with Gasteiger partial charge in [0.2, 0.25) is 0 Å². The highest BCUT2D eigenvalue weighted by Crippen LogP contribution is 2.25. The van der Waals surface area contributed by atoms with Gasteiger partial charge in [-0.3, -0.25) is 0 Å². The minimum absolute atomic E-state index is 0.191. The van der Waals surface area contributed by atoms with Gasteiger partial charge in [0.25, 0.3) is 10.0 Å². The van der Waals surface area contributed by atoms with E-state index >= 15 is 0 Å². The number of sulfonamides is 1. The van der Waals surface area contributed by atoms with Crippen LogP contribution in [0.1, 0.15) is 31.9 Å². The summed E-state index contributed by atoms with van der Waals surface area (Å²) in [7, 11) is -3.47. The van der Waals surface area contributed by atoms with Gasteiger partial charge in [0.05, 0.1) is 5.54 Å². The Hall–Kier alpha value is -2.16. The number of nitrogens with zero attached hydrogens (tertiary/aromatic N) is 2. The van der Waals surface area contributed by atoms with Gasteiger partial charge in [0, 0.05) is 26.2 Å². The van der Waals surface area contributed by atoms with Crippen LogP contribution in [-0.4, -0.2) is 49.8 Å². The number of carbonyl (C=O) groups excluding carboxylic acids is 1. The summed E-state index contributed by atoms with van der Waals surface area (Å²) in [5.74, 6) is 0. The zero-order chi connectivity index (χ0) is 21.2. The minimum atomic E-state index is -3.47. The Morgan fingerprint density at radius 3 is 2.41 bits per heavy atom. The number of nitrogens with one attached hydrogen (secondary N) is 1. The molecule has 6 nitrogen and oxygen atoms in total. The molecule has 3 rings (SSSR count). The number of hydrogen-bond acceptors (Lipinski definition) is 4. The van der Waals surface area contributed by atoms with Gasteiger partial charge < -0.3 is 10.2 Å². The van der Waals surface area contributed by atoms with E-state index in [4.69, 9.17) is 0 Å². The summed E-state index contributed by atoms with van der Waals surface area (Å²) in [4.78, 5) is 14.5. The van der Waals surface area contributed by atoms with Gasteiger partial charge >= 0.3 is 6.03 Å². The predicted molar refractivity (Wildman–Crippen MR) is 117 cm³/mol. The molecule has 2 aromatic rings. The number of piperazine rings is 1. The first kappa shape index (κ1) is 21.5. The molecule has 1 fully saturated rings. The monoisotopic (exact) mass is 433 g/mol. The molecule has 0 radical (unpaired) electrons. The van der Waals surface area contributed by atoms with E-state index in [-0.39, 0.29) is 6.03 Å². The largest absolute Gasteiger partial charge is 0.329 e. The lowest BCUT2D eigenvalue weighted by Gasteiger charge is -2.36. The fraction of sp³-hybridized carbons (Fsp3) is 0.381. The molecule has 0 atom stereocenters. The zero-order valence-corrected chi connectivity index (χ0v) is 18.6. The maximum Gasteiger partial charge on any atom is 0.318 e. The smallest absolute Gasteiger partial charge is 0.318 e. The molecule has 2 amide bonds. The van der Waals surface area contributed by atoms with Gasteiger partial charge in [-0.25, -0.2) is 13.2 Å². The number of benzene rings is 1. The molecule has 0 spiro atoms. The zero-order valence-electron chi connectivity index (χ0n) is 17.0. The van der Waals surface area contributed by atoms with E-state index in [0.717, 1.165) is 16.7 Å². The lowest BCUT2D eigenvalue weighted by molar-refractivity contribution is 0.163. The molecule has 1 aliphatic heterocycles. The lowest BCUT2D eigenvalue weighted by atomic mass is 9.92. The van der Waals surface area contributed by atoms with Gasteiger partial charge in [-0.15, -0.1) is 11.3 Å². The Bertz CT molecular complexity index is 990. The number of amides is 2. The maximum absolute atomic E-state index is 12.8. The molecule has 29 heavy (non-hydrogen) atoms. The van der Waals surface area contributed by atoms with Crippen molar-refractivity contribution in [3.05, 3.63) is 59.5 Å². The highest BCUT2D eigenvalue weighted by molar-refractivity contribution is 7.91. The number of rotatable bonds is 5. The summed E-state index contributed by atoms with van der Waals surface area (Å²) in [6.45, 7) is 11.1. The van der Waals surface area contributed by atoms with Crippen molar-refractivity contribution in [3.63, 3.8) is 0 Å². The SMILES string of the molecule is C=C(C)c1cccc(C(C)(C)NC(=O)N2CCN(S(=O)(=O)c3cccs3)CC2)c1. The third-order valence-electron chi connectivity index (χ3n) is 5.11. The number of carbonyl (C=O) groups is 1. The first-order valence-electron chi connectivity index (χ1n) is 9.48. The molecule has 1 aromatic heterocycles. The van der Waals surface area contributed by atoms with E-state index in [2.05, 4.69) is 11.9 Å². The third-order valence-corrected chi connectivity index (χ3v) is 8.38. The molecule has 156 valence electrons. The topological polar surface area (TPSA) is 69.7 Å². The van der Waals surface area contributed by atoms with Crippen molar-refractivity contribution >= 4 is 33.0 Å². The number of thiophene rings is 1. The van der Waals surface area contributed by atoms with Gasteiger partial charge in [-0.1, -0.05) is 36.4 Å². The van der Waals surface area contributed by atoms with Crippen LogP contribution in [0.5, 0.6) is 0 Å². The molecule has 2 heterocycles. The molecule has 0 aliphatic carbocycles. The van der Waals surface area contributed by atoms with Crippen molar-refractivity contribution in [2.45, 2.75) is 30.5 Å². The highest BCUT2D eigenvalue weighted by atomic mass is 32.2. The van der Waals surface area contributed by atoms with E-state index in [9.17, 15) is 13.2 Å². The van der Waals surface area contributed by atoms with Crippen LogP contribution in [0.4, 0.5) is 4.79 Å². The minimum Gasteiger partial charge on any atom is -0.329 e. The number of allylic oxidation sites excluding steroid dienone is 1. The van der Waals surface area contributed by atoms with Crippen molar-refractivity contribution in [2.24, 2.45) is 0 Å². The van der Waals surface area contributed by atoms with Crippen LogP contribution < -0.4 is 5.32 Å². The first-order valence-corrected chi connectivity index (χ1v) is 11.8. The van der Waals surface area contributed by atoms with Crippen molar-refractivity contribution in [2.75, 3.05) is 26.2 Å². The second-order valence-corrected chi connectivity index (χ2v) is 10.9. The fourth-order valence-electron chi connectivity index (χ4n) is 3.26. The molecule has 0 unspecified atom stereocenters. The van der Waals surface area contributed by atoms with E-state index in [0.29, 0.717) is 30.4 Å². The normalized spacial score (nSPS) is 15.9. The van der Waals surface area contributed by atoms with Crippen LogP contribution >= 0.6 is 11.3 Å². The molecule has 1 saturated heterocycles. The summed E-state index contributed by atoms with van der Waals surface area (Å²) in [6.07, 6.45) is 0. The summed E-state index contributed by atoms with van der Waals surface area (Å²) in [6, 6.07) is 11.1. The summed E-state index contributed by atoms with van der Waals surface area (Å²) >= 11 is 1.21. The number of urea groups is 1. The van der Waals surface area contributed by atoms with Crippen LogP contribution in [0.3, 0.4) is 0 Å². The molecule has 8 heteroatoms. The Morgan fingerprint density at radius 2 is 1.83 bits per heavy atom. The maximum atomic E-state index is 12.8. The Labute approximate surface area is 176 Å². The second-order valence-electron chi connectivity index (χ2n) is 7.74. The van der Waals surface area contributed by atoms with E-state index in [1.54, 1.807) is 22.4 Å². The Morgan fingerprint density at radius 1 is 1.14 bits per heavy atom. The Balaban J connectivity index is 1.64. The molecule has 1 aromatic carbocycles. The van der Waals surface area contributed by atoms with Crippen LogP contribution in [-0.2, 0) is 15.6 Å². The average molecular weight is 434 g/mol. The van der Waals surface area contributed by atoms with E-state index < -0.39 is 15.6 Å². The van der Waals surface area contributed by atoms with Crippen molar-refractivity contribution in [1.29, 1.82) is 0 Å². The first-order chi connectivity index (χ1) is 13.6. The molecular weight excluding hydrogens is 406 g/mol. The highest BCUT2D eigenvalue weighted by Gasteiger charge is 2.32. The van der Waals surface area contributed by atoms with Crippen molar-refractivity contribution < 1.29 is 13.2 Å². The molecular formula is C21H27N3O3S2.